The first-order valence-electron chi connectivity index (χ1n) is 6.35. The number of nitrogen functional groups attached to an aromatic ring is 1. The summed E-state index contributed by atoms with van der Waals surface area (Å²) in [7, 11) is 0. The van der Waals surface area contributed by atoms with E-state index in [-0.39, 0.29) is 0 Å². The van der Waals surface area contributed by atoms with Gasteiger partial charge in [0.25, 0.3) is 0 Å². The molecule has 0 atom stereocenters. The van der Waals surface area contributed by atoms with Crippen molar-refractivity contribution in [2.24, 2.45) is 5.84 Å². The smallest absolute Gasteiger partial charge is 0.243 e. The first-order valence-corrected chi connectivity index (χ1v) is 7.29. The second-order valence-corrected chi connectivity index (χ2v) is 4.65. The highest BCUT2D eigenvalue weighted by Gasteiger charge is 2.10. The SMILES string of the molecule is CCN(CC)c1nc(NN)nc(NCc2cscn2)n1. The van der Waals surface area contributed by atoms with Gasteiger partial charge in [-0.1, -0.05) is 0 Å². The summed E-state index contributed by atoms with van der Waals surface area (Å²) in [5.74, 6) is 6.81. The van der Waals surface area contributed by atoms with Crippen LogP contribution in [0.1, 0.15) is 19.5 Å². The third-order valence-electron chi connectivity index (χ3n) is 2.71. The Hall–Kier alpha value is -2.00. The molecule has 0 bridgehead atoms. The van der Waals surface area contributed by atoms with Crippen molar-refractivity contribution in [3.63, 3.8) is 0 Å². The molecule has 8 nitrogen and oxygen atoms in total. The van der Waals surface area contributed by atoms with Crippen molar-refractivity contribution in [2.45, 2.75) is 20.4 Å². The number of rotatable bonds is 7. The van der Waals surface area contributed by atoms with Gasteiger partial charge in [-0.2, -0.15) is 15.0 Å². The van der Waals surface area contributed by atoms with E-state index < -0.39 is 0 Å². The van der Waals surface area contributed by atoms with E-state index in [0.29, 0.717) is 24.4 Å². The van der Waals surface area contributed by atoms with Crippen LogP contribution in [0, 0.1) is 0 Å². The van der Waals surface area contributed by atoms with Crippen molar-refractivity contribution in [1.29, 1.82) is 0 Å². The highest BCUT2D eigenvalue weighted by atomic mass is 32.1. The van der Waals surface area contributed by atoms with Crippen molar-refractivity contribution in [2.75, 3.05) is 28.7 Å². The van der Waals surface area contributed by atoms with E-state index in [1.165, 1.54) is 0 Å². The van der Waals surface area contributed by atoms with Crippen molar-refractivity contribution >= 4 is 29.2 Å². The molecular formula is C11H18N8S. The monoisotopic (exact) mass is 294 g/mol. The molecule has 0 aromatic carbocycles. The summed E-state index contributed by atoms with van der Waals surface area (Å²) >= 11 is 1.55. The molecular weight excluding hydrogens is 276 g/mol. The fraction of sp³-hybridized carbons (Fsp3) is 0.455. The molecule has 2 aromatic rings. The Balaban J connectivity index is 2.16. The molecule has 0 saturated carbocycles. The molecule has 0 unspecified atom stereocenters. The lowest BCUT2D eigenvalue weighted by Crippen LogP contribution is -2.26. The minimum Gasteiger partial charge on any atom is -0.348 e. The molecule has 2 heterocycles. The Morgan fingerprint density at radius 3 is 2.55 bits per heavy atom. The van der Waals surface area contributed by atoms with Crippen LogP contribution in [0.4, 0.5) is 17.8 Å². The largest absolute Gasteiger partial charge is 0.348 e. The fourth-order valence-electron chi connectivity index (χ4n) is 1.65. The molecule has 0 spiro atoms. The normalized spacial score (nSPS) is 10.3. The average molecular weight is 294 g/mol. The van der Waals surface area contributed by atoms with E-state index in [9.17, 15) is 0 Å². The Labute approximate surface area is 121 Å². The molecule has 9 heteroatoms. The molecule has 2 rings (SSSR count). The Kier molecular flexibility index (Phi) is 5.02. The van der Waals surface area contributed by atoms with E-state index >= 15 is 0 Å². The highest BCUT2D eigenvalue weighted by Crippen LogP contribution is 2.13. The lowest BCUT2D eigenvalue weighted by molar-refractivity contribution is 0.811. The molecule has 20 heavy (non-hydrogen) atoms. The highest BCUT2D eigenvalue weighted by molar-refractivity contribution is 7.07. The number of aromatic nitrogens is 4. The predicted octanol–water partition coefficient (Wildman–Crippen LogP) is 1.07. The van der Waals surface area contributed by atoms with Crippen LogP contribution in [0.3, 0.4) is 0 Å². The maximum atomic E-state index is 5.40. The van der Waals surface area contributed by atoms with Gasteiger partial charge >= 0.3 is 0 Å². The summed E-state index contributed by atoms with van der Waals surface area (Å²) in [6.45, 7) is 6.29. The van der Waals surface area contributed by atoms with Gasteiger partial charge in [0.15, 0.2) is 0 Å². The predicted molar refractivity (Wildman–Crippen MR) is 80.6 cm³/mol. The molecule has 4 N–H and O–H groups in total. The molecule has 0 radical (unpaired) electrons. The summed E-state index contributed by atoms with van der Waals surface area (Å²) < 4.78 is 0. The van der Waals surface area contributed by atoms with Gasteiger partial charge in [0.2, 0.25) is 17.8 Å². The zero-order valence-electron chi connectivity index (χ0n) is 11.5. The first kappa shape index (κ1) is 14.4. The molecule has 0 saturated heterocycles. The maximum absolute atomic E-state index is 5.40. The Morgan fingerprint density at radius 1 is 1.20 bits per heavy atom. The van der Waals surface area contributed by atoms with Gasteiger partial charge < -0.3 is 10.2 Å². The maximum Gasteiger partial charge on any atom is 0.243 e. The second kappa shape index (κ2) is 6.96. The van der Waals surface area contributed by atoms with E-state index in [2.05, 4.69) is 30.7 Å². The van der Waals surface area contributed by atoms with Crippen LogP contribution in [0.15, 0.2) is 10.9 Å². The quantitative estimate of drug-likeness (QED) is 0.514. The molecule has 0 aliphatic carbocycles. The number of hydrazine groups is 1. The number of nitrogens with two attached hydrogens (primary N) is 1. The zero-order valence-corrected chi connectivity index (χ0v) is 12.3. The van der Waals surface area contributed by atoms with Gasteiger partial charge in [-0.3, -0.25) is 5.43 Å². The molecule has 0 aliphatic rings. The Morgan fingerprint density at radius 2 is 1.95 bits per heavy atom. The van der Waals surface area contributed by atoms with Gasteiger partial charge in [0.05, 0.1) is 17.7 Å². The van der Waals surface area contributed by atoms with E-state index in [1.807, 2.05) is 24.1 Å². The van der Waals surface area contributed by atoms with Crippen LogP contribution < -0.4 is 21.5 Å². The minimum absolute atomic E-state index is 0.336. The third-order valence-corrected chi connectivity index (χ3v) is 3.35. The number of nitrogens with zero attached hydrogens (tertiary/aromatic N) is 5. The summed E-state index contributed by atoms with van der Waals surface area (Å²) in [5, 5.41) is 5.10. The summed E-state index contributed by atoms with van der Waals surface area (Å²) in [6.07, 6.45) is 0. The van der Waals surface area contributed by atoms with Crippen molar-refractivity contribution in [3.8, 4) is 0 Å². The number of nitrogens with one attached hydrogen (secondary N) is 2. The fourth-order valence-corrected chi connectivity index (χ4v) is 2.21. The number of thiazole rings is 1. The molecule has 0 fully saturated rings. The summed E-state index contributed by atoms with van der Waals surface area (Å²) in [6, 6.07) is 0. The van der Waals surface area contributed by atoms with Gasteiger partial charge in [0.1, 0.15) is 0 Å². The molecule has 0 aliphatic heterocycles. The van der Waals surface area contributed by atoms with Crippen molar-refractivity contribution in [1.82, 2.24) is 19.9 Å². The van der Waals surface area contributed by atoms with E-state index in [1.54, 1.807) is 16.8 Å². The number of anilines is 3. The van der Waals surface area contributed by atoms with Crippen molar-refractivity contribution in [3.05, 3.63) is 16.6 Å². The topological polar surface area (TPSA) is 105 Å². The third kappa shape index (κ3) is 3.52. The van der Waals surface area contributed by atoms with Gasteiger partial charge in [-0.15, -0.1) is 11.3 Å². The zero-order chi connectivity index (χ0) is 14.4. The van der Waals surface area contributed by atoms with Crippen molar-refractivity contribution < 1.29 is 0 Å². The minimum atomic E-state index is 0.336. The number of hydrogen-bond donors (Lipinski definition) is 3. The van der Waals surface area contributed by atoms with Gasteiger partial charge in [-0.05, 0) is 13.8 Å². The summed E-state index contributed by atoms with van der Waals surface area (Å²) in [4.78, 5) is 19.1. The first-order chi connectivity index (χ1) is 9.76. The lowest BCUT2D eigenvalue weighted by atomic mass is 10.5. The van der Waals surface area contributed by atoms with Crippen LogP contribution in [0.25, 0.3) is 0 Å². The Bertz CT molecular complexity index is 525. The average Bonchev–Trinajstić information content (AvgIpc) is 2.99. The molecule has 0 amide bonds. The van der Waals surface area contributed by atoms with Crippen LogP contribution in [-0.4, -0.2) is 33.0 Å². The lowest BCUT2D eigenvalue weighted by Gasteiger charge is -2.19. The van der Waals surface area contributed by atoms with Gasteiger partial charge in [-0.25, -0.2) is 10.8 Å². The van der Waals surface area contributed by atoms with Crippen LogP contribution in [0.5, 0.6) is 0 Å². The standard InChI is InChI=1S/C11H18N8S/c1-3-19(4-2)11-16-9(15-10(17-11)18-12)13-5-8-6-20-7-14-8/h6-7H,3-5,12H2,1-2H3,(H2,13,15,16,17,18). The van der Waals surface area contributed by atoms with Gasteiger partial charge in [0, 0.05) is 18.5 Å². The van der Waals surface area contributed by atoms with Crippen LogP contribution in [-0.2, 0) is 6.54 Å². The number of hydrogen-bond acceptors (Lipinski definition) is 9. The van der Waals surface area contributed by atoms with E-state index in [0.717, 1.165) is 18.8 Å². The molecule has 108 valence electrons. The summed E-state index contributed by atoms with van der Waals surface area (Å²) in [5.41, 5.74) is 5.20. The van der Waals surface area contributed by atoms with E-state index in [4.69, 9.17) is 5.84 Å². The molecule has 2 aromatic heterocycles. The second-order valence-electron chi connectivity index (χ2n) is 3.93. The van der Waals surface area contributed by atoms with Crippen LogP contribution >= 0.6 is 11.3 Å². The van der Waals surface area contributed by atoms with Crippen LogP contribution in [0.2, 0.25) is 0 Å².